The molecule has 0 aliphatic carbocycles. The molecule has 1 saturated heterocycles. The minimum atomic E-state index is -0.249. The summed E-state index contributed by atoms with van der Waals surface area (Å²) >= 11 is 0. The molecular weight excluding hydrogens is 342 g/mol. The Labute approximate surface area is 159 Å². The first-order chi connectivity index (χ1) is 13.0. The molecule has 1 fully saturated rings. The molecule has 0 atom stereocenters. The van der Waals surface area contributed by atoms with E-state index in [1.54, 1.807) is 0 Å². The molecular formula is C20H27N5O2. The Hall–Kier alpha value is -2.67. The predicted molar refractivity (Wildman–Crippen MR) is 108 cm³/mol. The highest BCUT2D eigenvalue weighted by Gasteiger charge is 2.17. The summed E-state index contributed by atoms with van der Waals surface area (Å²) in [4.78, 5) is 32.4. The van der Waals surface area contributed by atoms with E-state index >= 15 is 0 Å². The Kier molecular flexibility index (Phi) is 5.91. The molecule has 2 heterocycles. The minimum Gasteiger partial charge on any atom is -0.354 e. The average molecular weight is 369 g/mol. The van der Waals surface area contributed by atoms with E-state index in [9.17, 15) is 9.59 Å². The molecule has 0 unspecified atom stereocenters. The zero-order chi connectivity index (χ0) is 19.4. The summed E-state index contributed by atoms with van der Waals surface area (Å²) < 4.78 is 0. The number of carbonyl (C=O) groups excluding carboxylic acids is 2. The molecule has 0 saturated carbocycles. The third-order valence-electron chi connectivity index (χ3n) is 4.93. The van der Waals surface area contributed by atoms with Crippen molar-refractivity contribution in [2.24, 2.45) is 0 Å². The van der Waals surface area contributed by atoms with Crippen LogP contribution in [0.15, 0.2) is 24.3 Å². The largest absolute Gasteiger partial charge is 0.354 e. The molecule has 0 radical (unpaired) electrons. The normalized spacial score (nSPS) is 15.0. The molecule has 7 nitrogen and oxygen atoms in total. The van der Waals surface area contributed by atoms with Crippen LogP contribution in [0.25, 0.3) is 10.9 Å². The molecule has 2 aromatic rings. The van der Waals surface area contributed by atoms with Gasteiger partial charge in [0.1, 0.15) is 5.82 Å². The van der Waals surface area contributed by atoms with Gasteiger partial charge in [-0.05, 0) is 43.3 Å². The van der Waals surface area contributed by atoms with Crippen LogP contribution in [0.5, 0.6) is 0 Å². The van der Waals surface area contributed by atoms with Gasteiger partial charge in [-0.25, -0.2) is 4.98 Å². The van der Waals surface area contributed by atoms with Crippen LogP contribution in [-0.4, -0.2) is 61.0 Å². The first kappa shape index (κ1) is 19.1. The molecule has 3 rings (SSSR count). The molecule has 1 aliphatic heterocycles. The lowest BCUT2D eigenvalue weighted by atomic mass is 10.1. The number of pyridine rings is 1. The SMILES string of the molecule is CCN1CCN(c2cc(C)c3cc(NC(=O)CNC(C)=O)ccc3n2)CC1. The number of hydrogen-bond acceptors (Lipinski definition) is 5. The number of benzene rings is 1. The van der Waals surface area contributed by atoms with Gasteiger partial charge in [-0.1, -0.05) is 6.92 Å². The van der Waals surface area contributed by atoms with Gasteiger partial charge in [0.2, 0.25) is 11.8 Å². The standard InChI is InChI=1S/C20H27N5O2/c1-4-24-7-9-25(10-8-24)19-11-14(2)17-12-16(5-6-18(17)23-19)22-20(27)13-21-15(3)26/h5-6,11-12H,4,7-10,13H2,1-3H3,(H,21,26)(H,22,27). The van der Waals surface area contributed by atoms with Crippen molar-refractivity contribution in [3.05, 3.63) is 29.8 Å². The first-order valence-corrected chi connectivity index (χ1v) is 9.39. The van der Waals surface area contributed by atoms with Gasteiger partial charge in [-0.2, -0.15) is 0 Å². The maximum Gasteiger partial charge on any atom is 0.243 e. The van der Waals surface area contributed by atoms with Crippen LogP contribution >= 0.6 is 0 Å². The summed E-state index contributed by atoms with van der Waals surface area (Å²) in [6.07, 6.45) is 0. The number of amides is 2. The number of rotatable bonds is 5. The summed E-state index contributed by atoms with van der Waals surface area (Å²) in [6.45, 7) is 10.8. The first-order valence-electron chi connectivity index (χ1n) is 9.39. The van der Waals surface area contributed by atoms with Crippen LogP contribution in [0.1, 0.15) is 19.4 Å². The second-order valence-corrected chi connectivity index (χ2v) is 6.91. The highest BCUT2D eigenvalue weighted by molar-refractivity contribution is 5.97. The lowest BCUT2D eigenvalue weighted by Crippen LogP contribution is -2.46. The Morgan fingerprint density at radius 1 is 1.15 bits per heavy atom. The molecule has 7 heteroatoms. The number of nitrogens with one attached hydrogen (secondary N) is 2. The molecule has 144 valence electrons. The molecule has 2 amide bonds. The van der Waals surface area contributed by atoms with Crippen molar-refractivity contribution >= 4 is 34.2 Å². The second kappa shape index (κ2) is 8.35. The molecule has 1 aromatic heterocycles. The zero-order valence-corrected chi connectivity index (χ0v) is 16.2. The van der Waals surface area contributed by atoms with Crippen molar-refractivity contribution in [2.75, 3.05) is 49.5 Å². The van der Waals surface area contributed by atoms with Crippen LogP contribution in [0.3, 0.4) is 0 Å². The lowest BCUT2D eigenvalue weighted by molar-refractivity contribution is -0.122. The van der Waals surface area contributed by atoms with Gasteiger partial charge in [-0.3, -0.25) is 9.59 Å². The third kappa shape index (κ3) is 4.74. The highest BCUT2D eigenvalue weighted by atomic mass is 16.2. The second-order valence-electron chi connectivity index (χ2n) is 6.91. The molecule has 27 heavy (non-hydrogen) atoms. The van der Waals surface area contributed by atoms with Crippen molar-refractivity contribution in [1.82, 2.24) is 15.2 Å². The molecule has 1 aliphatic rings. The predicted octanol–water partition coefficient (Wildman–Crippen LogP) is 1.76. The fourth-order valence-electron chi connectivity index (χ4n) is 3.32. The van der Waals surface area contributed by atoms with Crippen LogP contribution in [-0.2, 0) is 9.59 Å². The monoisotopic (exact) mass is 369 g/mol. The van der Waals surface area contributed by atoms with Crippen LogP contribution in [0.2, 0.25) is 0 Å². The van der Waals surface area contributed by atoms with Gasteiger partial charge in [0, 0.05) is 44.2 Å². The fourth-order valence-corrected chi connectivity index (χ4v) is 3.32. The summed E-state index contributed by atoms with van der Waals surface area (Å²) in [7, 11) is 0. The van der Waals surface area contributed by atoms with E-state index in [2.05, 4.69) is 40.3 Å². The van der Waals surface area contributed by atoms with Crippen LogP contribution in [0, 0.1) is 6.92 Å². The van der Waals surface area contributed by atoms with Crippen molar-refractivity contribution in [3.8, 4) is 0 Å². The quantitative estimate of drug-likeness (QED) is 0.840. The summed E-state index contributed by atoms with van der Waals surface area (Å²) in [5, 5.41) is 6.32. The van der Waals surface area contributed by atoms with Gasteiger partial charge in [0.25, 0.3) is 0 Å². The van der Waals surface area contributed by atoms with E-state index < -0.39 is 0 Å². The number of carbonyl (C=O) groups is 2. The number of likely N-dealkylation sites (N-methyl/N-ethyl adjacent to an activating group) is 1. The topological polar surface area (TPSA) is 77.6 Å². The highest BCUT2D eigenvalue weighted by Crippen LogP contribution is 2.26. The van der Waals surface area contributed by atoms with E-state index in [4.69, 9.17) is 4.98 Å². The third-order valence-corrected chi connectivity index (χ3v) is 4.93. The Morgan fingerprint density at radius 2 is 1.89 bits per heavy atom. The van der Waals surface area contributed by atoms with Crippen LogP contribution < -0.4 is 15.5 Å². The average Bonchev–Trinajstić information content (AvgIpc) is 2.67. The number of aryl methyl sites for hydroxylation is 1. The Balaban J connectivity index is 1.75. The van der Waals surface area contributed by atoms with Crippen molar-refractivity contribution < 1.29 is 9.59 Å². The molecule has 0 bridgehead atoms. The van der Waals surface area contributed by atoms with Crippen molar-refractivity contribution in [1.29, 1.82) is 0 Å². The van der Waals surface area contributed by atoms with Gasteiger partial charge in [0.05, 0.1) is 12.1 Å². The summed E-state index contributed by atoms with van der Waals surface area (Å²) in [6, 6.07) is 7.83. The van der Waals surface area contributed by atoms with Crippen molar-refractivity contribution in [2.45, 2.75) is 20.8 Å². The number of hydrogen-bond donors (Lipinski definition) is 2. The summed E-state index contributed by atoms with van der Waals surface area (Å²) in [5.74, 6) is 0.537. The molecule has 0 spiro atoms. The maximum absolute atomic E-state index is 11.9. The Bertz CT molecular complexity index is 844. The fraction of sp³-hybridized carbons (Fsp3) is 0.450. The van der Waals surface area contributed by atoms with Gasteiger partial charge in [-0.15, -0.1) is 0 Å². The van der Waals surface area contributed by atoms with E-state index in [1.807, 2.05) is 18.2 Å². The lowest BCUT2D eigenvalue weighted by Gasteiger charge is -2.35. The van der Waals surface area contributed by atoms with E-state index in [-0.39, 0.29) is 18.4 Å². The maximum atomic E-state index is 11.9. The minimum absolute atomic E-state index is 0.0344. The zero-order valence-electron chi connectivity index (χ0n) is 16.2. The number of fused-ring (bicyclic) bond motifs is 1. The number of piperazine rings is 1. The van der Waals surface area contributed by atoms with Gasteiger partial charge >= 0.3 is 0 Å². The number of aromatic nitrogens is 1. The van der Waals surface area contributed by atoms with Gasteiger partial charge in [0.15, 0.2) is 0 Å². The number of nitrogens with zero attached hydrogens (tertiary/aromatic N) is 3. The number of anilines is 2. The Morgan fingerprint density at radius 3 is 2.56 bits per heavy atom. The van der Waals surface area contributed by atoms with Crippen LogP contribution in [0.4, 0.5) is 11.5 Å². The van der Waals surface area contributed by atoms with E-state index in [1.165, 1.54) is 6.92 Å². The van der Waals surface area contributed by atoms with E-state index in [0.29, 0.717) is 5.69 Å². The van der Waals surface area contributed by atoms with Gasteiger partial charge < -0.3 is 20.4 Å². The smallest absolute Gasteiger partial charge is 0.243 e. The molecule has 1 aromatic carbocycles. The van der Waals surface area contributed by atoms with E-state index in [0.717, 1.165) is 55.0 Å². The van der Waals surface area contributed by atoms with Crippen molar-refractivity contribution in [3.63, 3.8) is 0 Å². The molecule has 2 N–H and O–H groups in total. The summed E-state index contributed by atoms with van der Waals surface area (Å²) in [5.41, 5.74) is 2.75.